The van der Waals surface area contributed by atoms with Crippen molar-refractivity contribution in [3.63, 3.8) is 0 Å². The minimum atomic E-state index is 0. The van der Waals surface area contributed by atoms with Crippen LogP contribution in [0, 0.1) is 0 Å². The van der Waals surface area contributed by atoms with E-state index in [0.717, 1.165) is 31.6 Å². The Labute approximate surface area is 152 Å². The van der Waals surface area contributed by atoms with E-state index in [-0.39, 0.29) is 28.7 Å². The average Bonchev–Trinajstić information content (AvgIpc) is 2.96. The summed E-state index contributed by atoms with van der Waals surface area (Å²) in [5, 5.41) is 6.81. The van der Waals surface area contributed by atoms with Gasteiger partial charge in [-0.25, -0.2) is 0 Å². The molecular weight excluding hydrogens is 395 g/mol. The summed E-state index contributed by atoms with van der Waals surface area (Å²) in [5.41, 5.74) is 0. The van der Waals surface area contributed by atoms with Crippen LogP contribution in [0.15, 0.2) is 4.99 Å². The van der Waals surface area contributed by atoms with Gasteiger partial charge < -0.3 is 15.5 Å². The van der Waals surface area contributed by atoms with Gasteiger partial charge in [-0.15, -0.1) is 24.0 Å². The Balaban J connectivity index is 0.00000400. The van der Waals surface area contributed by atoms with Crippen molar-refractivity contribution in [2.75, 3.05) is 40.0 Å². The molecule has 4 nitrogen and oxygen atoms in total. The van der Waals surface area contributed by atoms with Crippen molar-refractivity contribution in [1.82, 2.24) is 15.5 Å². The zero-order valence-corrected chi connectivity index (χ0v) is 17.4. The van der Waals surface area contributed by atoms with Crippen LogP contribution in [0.5, 0.6) is 0 Å². The van der Waals surface area contributed by atoms with E-state index in [1.165, 1.54) is 25.7 Å². The highest BCUT2D eigenvalue weighted by Crippen LogP contribution is 2.21. The van der Waals surface area contributed by atoms with E-state index in [9.17, 15) is 0 Å². The van der Waals surface area contributed by atoms with Gasteiger partial charge in [0.15, 0.2) is 5.96 Å². The molecule has 0 aliphatic heterocycles. The third-order valence-electron chi connectivity index (χ3n) is 4.16. The Morgan fingerprint density at radius 2 is 1.90 bits per heavy atom. The standard InChI is InChI=1S/C15H32N4S.HI/c1-15(2,20-5)12-18-14(16-3)17-10-11-19(4)13-8-6-7-9-13;/h13H,6-12H2,1-5H3,(H2,16,17,18);1H. The van der Waals surface area contributed by atoms with Crippen LogP contribution in [-0.4, -0.2) is 61.6 Å². The van der Waals surface area contributed by atoms with Crippen LogP contribution >= 0.6 is 35.7 Å². The van der Waals surface area contributed by atoms with Gasteiger partial charge in [-0.2, -0.15) is 11.8 Å². The van der Waals surface area contributed by atoms with Gasteiger partial charge in [0.2, 0.25) is 0 Å². The normalized spacial score (nSPS) is 17.0. The molecule has 0 aromatic heterocycles. The third-order valence-corrected chi connectivity index (χ3v) is 5.41. The summed E-state index contributed by atoms with van der Waals surface area (Å²) in [6.07, 6.45) is 7.68. The quantitative estimate of drug-likeness (QED) is 0.372. The molecule has 0 unspecified atom stereocenters. The summed E-state index contributed by atoms with van der Waals surface area (Å²) in [6, 6.07) is 0.794. The molecule has 0 spiro atoms. The highest BCUT2D eigenvalue weighted by Gasteiger charge is 2.19. The lowest BCUT2D eigenvalue weighted by atomic mass is 10.2. The van der Waals surface area contributed by atoms with E-state index in [0.29, 0.717) is 0 Å². The van der Waals surface area contributed by atoms with Crippen LogP contribution < -0.4 is 10.6 Å². The number of aliphatic imine (C=N–C) groups is 1. The molecule has 0 atom stereocenters. The first-order valence-electron chi connectivity index (χ1n) is 7.68. The number of nitrogens with one attached hydrogen (secondary N) is 2. The van der Waals surface area contributed by atoms with E-state index in [2.05, 4.69) is 47.7 Å². The molecule has 0 bridgehead atoms. The summed E-state index contributed by atoms with van der Waals surface area (Å²) in [6.45, 7) is 7.44. The van der Waals surface area contributed by atoms with E-state index in [4.69, 9.17) is 0 Å². The molecular formula is C15H33IN4S. The highest BCUT2D eigenvalue weighted by atomic mass is 127. The first kappa shape index (κ1) is 21.3. The Bertz CT molecular complexity index is 304. The van der Waals surface area contributed by atoms with Gasteiger partial charge in [-0.3, -0.25) is 4.99 Å². The largest absolute Gasteiger partial charge is 0.355 e. The topological polar surface area (TPSA) is 39.7 Å². The molecule has 0 amide bonds. The molecule has 21 heavy (non-hydrogen) atoms. The number of likely N-dealkylation sites (N-methyl/N-ethyl adjacent to an activating group) is 1. The van der Waals surface area contributed by atoms with Crippen LogP contribution in [0.4, 0.5) is 0 Å². The van der Waals surface area contributed by atoms with E-state index in [1.807, 2.05) is 18.8 Å². The molecule has 0 aromatic rings. The second kappa shape index (κ2) is 10.9. The van der Waals surface area contributed by atoms with Crippen molar-refractivity contribution < 1.29 is 0 Å². The van der Waals surface area contributed by atoms with Gasteiger partial charge in [0.05, 0.1) is 0 Å². The molecule has 0 saturated heterocycles. The fraction of sp³-hybridized carbons (Fsp3) is 0.933. The predicted octanol–water partition coefficient (Wildman–Crippen LogP) is 2.79. The van der Waals surface area contributed by atoms with Crippen LogP contribution in [0.1, 0.15) is 39.5 Å². The van der Waals surface area contributed by atoms with Crippen molar-refractivity contribution in [3.8, 4) is 0 Å². The summed E-state index contributed by atoms with van der Waals surface area (Å²) < 4.78 is 0.234. The molecule has 126 valence electrons. The molecule has 1 aliphatic rings. The average molecular weight is 428 g/mol. The van der Waals surface area contributed by atoms with Gasteiger partial charge in [0.1, 0.15) is 0 Å². The first-order valence-corrected chi connectivity index (χ1v) is 8.91. The minimum Gasteiger partial charge on any atom is -0.355 e. The number of rotatable bonds is 7. The maximum Gasteiger partial charge on any atom is 0.191 e. The second-order valence-corrected chi connectivity index (χ2v) is 7.75. The number of hydrogen-bond acceptors (Lipinski definition) is 3. The van der Waals surface area contributed by atoms with Crippen LogP contribution in [0.3, 0.4) is 0 Å². The number of halogens is 1. The molecule has 1 fully saturated rings. The van der Waals surface area contributed by atoms with E-state index < -0.39 is 0 Å². The molecule has 0 heterocycles. The lowest BCUT2D eigenvalue weighted by molar-refractivity contribution is 0.249. The Kier molecular flexibility index (Phi) is 11.1. The lowest BCUT2D eigenvalue weighted by Gasteiger charge is -2.26. The summed E-state index contributed by atoms with van der Waals surface area (Å²) in [4.78, 5) is 6.77. The molecule has 6 heteroatoms. The minimum absolute atomic E-state index is 0. The molecule has 0 aromatic carbocycles. The molecule has 2 N–H and O–H groups in total. The monoisotopic (exact) mass is 428 g/mol. The van der Waals surface area contributed by atoms with E-state index in [1.54, 1.807) is 0 Å². The molecule has 1 rings (SSSR count). The van der Waals surface area contributed by atoms with Crippen molar-refractivity contribution >= 4 is 41.7 Å². The summed E-state index contributed by atoms with van der Waals surface area (Å²) in [7, 11) is 4.08. The Morgan fingerprint density at radius 1 is 1.29 bits per heavy atom. The maximum absolute atomic E-state index is 4.29. The van der Waals surface area contributed by atoms with Crippen molar-refractivity contribution in [2.45, 2.75) is 50.3 Å². The Hall–Kier alpha value is 0.310. The number of guanidine groups is 1. The fourth-order valence-corrected chi connectivity index (χ4v) is 2.68. The number of thioether (sulfide) groups is 1. The number of hydrogen-bond donors (Lipinski definition) is 2. The fourth-order valence-electron chi connectivity index (χ4n) is 2.47. The third kappa shape index (κ3) is 8.50. The van der Waals surface area contributed by atoms with Gasteiger partial charge in [0, 0.05) is 37.5 Å². The van der Waals surface area contributed by atoms with Crippen LogP contribution in [0.25, 0.3) is 0 Å². The number of nitrogens with zero attached hydrogens (tertiary/aromatic N) is 2. The van der Waals surface area contributed by atoms with Crippen molar-refractivity contribution in [1.29, 1.82) is 0 Å². The lowest BCUT2D eigenvalue weighted by Crippen LogP contribution is -2.45. The highest BCUT2D eigenvalue weighted by molar-refractivity contribution is 14.0. The predicted molar refractivity (Wildman–Crippen MR) is 107 cm³/mol. The van der Waals surface area contributed by atoms with E-state index >= 15 is 0 Å². The van der Waals surface area contributed by atoms with Crippen LogP contribution in [0.2, 0.25) is 0 Å². The zero-order valence-electron chi connectivity index (χ0n) is 14.2. The molecule has 0 radical (unpaired) electrons. The van der Waals surface area contributed by atoms with Crippen LogP contribution in [-0.2, 0) is 0 Å². The molecule has 1 saturated carbocycles. The van der Waals surface area contributed by atoms with Crippen molar-refractivity contribution in [2.24, 2.45) is 4.99 Å². The summed E-state index contributed by atoms with van der Waals surface area (Å²) >= 11 is 1.87. The maximum atomic E-state index is 4.29. The zero-order chi connectivity index (χ0) is 15.0. The van der Waals surface area contributed by atoms with Gasteiger partial charge in [0.25, 0.3) is 0 Å². The van der Waals surface area contributed by atoms with Gasteiger partial charge in [-0.05, 0) is 40.0 Å². The Morgan fingerprint density at radius 3 is 2.43 bits per heavy atom. The van der Waals surface area contributed by atoms with Gasteiger partial charge in [-0.1, -0.05) is 12.8 Å². The first-order chi connectivity index (χ1) is 9.48. The van der Waals surface area contributed by atoms with Gasteiger partial charge >= 0.3 is 0 Å². The smallest absolute Gasteiger partial charge is 0.191 e. The molecule has 1 aliphatic carbocycles. The SMILES string of the molecule is CN=C(NCCN(C)C1CCCC1)NCC(C)(C)SC.I. The summed E-state index contributed by atoms with van der Waals surface area (Å²) in [5.74, 6) is 0.909. The second-order valence-electron chi connectivity index (χ2n) is 6.24. The van der Waals surface area contributed by atoms with Crippen molar-refractivity contribution in [3.05, 3.63) is 0 Å².